The monoisotopic (exact) mass is 552 g/mol. The number of anilines is 1. The Kier molecular flexibility index (Phi) is 7.18. The van der Waals surface area contributed by atoms with E-state index >= 15 is 0 Å². The molecule has 0 aromatic heterocycles. The average Bonchev–Trinajstić information content (AvgIpc) is 3.42. The number of carbonyl (C=O) groups is 2. The van der Waals surface area contributed by atoms with Gasteiger partial charge in [-0.15, -0.1) is 0 Å². The van der Waals surface area contributed by atoms with E-state index in [0.717, 1.165) is 72.9 Å². The molecule has 41 heavy (non-hydrogen) atoms. The fraction of sp³-hybridized carbons (Fsp3) is 0.371. The summed E-state index contributed by atoms with van der Waals surface area (Å²) in [6.07, 6.45) is 6.92. The highest BCUT2D eigenvalue weighted by atomic mass is 19.1. The lowest BCUT2D eigenvalue weighted by atomic mass is 9.83. The number of nitrogens with one attached hydrogen (secondary N) is 1. The molecule has 3 aromatic rings. The maximum absolute atomic E-state index is 14.1. The van der Waals surface area contributed by atoms with Crippen molar-refractivity contribution >= 4 is 17.5 Å². The number of aliphatic hydroxyl groups is 1. The van der Waals surface area contributed by atoms with Crippen molar-refractivity contribution in [3.05, 3.63) is 112 Å². The SMILES string of the molecule is C=C(O)C1(Cc2cccc(NC(=O)C(c3ccc(CN4Cc5cc(C)c(F)cc5C4=O)cc3)C3CCCC3)c2)CC1. The fourth-order valence-electron chi connectivity index (χ4n) is 6.71. The first-order valence-electron chi connectivity index (χ1n) is 14.7. The van der Waals surface area contributed by atoms with E-state index in [4.69, 9.17) is 0 Å². The summed E-state index contributed by atoms with van der Waals surface area (Å²) in [7, 11) is 0. The van der Waals surface area contributed by atoms with Crippen LogP contribution in [0.3, 0.4) is 0 Å². The molecule has 2 N–H and O–H groups in total. The Balaban J connectivity index is 1.16. The average molecular weight is 553 g/mol. The number of hydrogen-bond acceptors (Lipinski definition) is 3. The van der Waals surface area contributed by atoms with Gasteiger partial charge in [-0.1, -0.05) is 61.9 Å². The molecule has 3 aliphatic rings. The lowest BCUT2D eigenvalue weighted by Crippen LogP contribution is -2.27. The summed E-state index contributed by atoms with van der Waals surface area (Å²) in [5.74, 6) is -0.232. The molecule has 1 aliphatic heterocycles. The van der Waals surface area contributed by atoms with Crippen LogP contribution in [0.5, 0.6) is 0 Å². The predicted octanol–water partition coefficient (Wildman–Crippen LogP) is 7.60. The van der Waals surface area contributed by atoms with Gasteiger partial charge in [0.2, 0.25) is 5.91 Å². The lowest BCUT2D eigenvalue weighted by molar-refractivity contribution is -0.118. The first-order valence-corrected chi connectivity index (χ1v) is 14.7. The fourth-order valence-corrected chi connectivity index (χ4v) is 6.71. The molecule has 2 saturated carbocycles. The number of rotatable bonds is 9. The van der Waals surface area contributed by atoms with Gasteiger partial charge in [-0.25, -0.2) is 4.39 Å². The predicted molar refractivity (Wildman–Crippen MR) is 158 cm³/mol. The van der Waals surface area contributed by atoms with Crippen LogP contribution in [0.15, 0.2) is 73.0 Å². The number of amides is 2. The third-order valence-corrected chi connectivity index (χ3v) is 9.33. The summed E-state index contributed by atoms with van der Waals surface area (Å²) >= 11 is 0. The minimum absolute atomic E-state index is 0.00271. The molecule has 1 unspecified atom stereocenters. The second-order valence-electron chi connectivity index (χ2n) is 12.3. The third-order valence-electron chi connectivity index (χ3n) is 9.33. The summed E-state index contributed by atoms with van der Waals surface area (Å²) in [4.78, 5) is 28.4. The summed E-state index contributed by atoms with van der Waals surface area (Å²) in [6.45, 7) is 6.38. The highest BCUT2D eigenvalue weighted by Gasteiger charge is 2.45. The van der Waals surface area contributed by atoms with Crippen molar-refractivity contribution in [2.24, 2.45) is 11.3 Å². The van der Waals surface area contributed by atoms with Crippen LogP contribution in [0.1, 0.15) is 82.6 Å². The van der Waals surface area contributed by atoms with Crippen LogP contribution in [0, 0.1) is 24.1 Å². The first-order chi connectivity index (χ1) is 19.7. The maximum Gasteiger partial charge on any atom is 0.254 e. The second kappa shape index (κ2) is 10.8. The topological polar surface area (TPSA) is 69.6 Å². The zero-order chi connectivity index (χ0) is 28.7. The van der Waals surface area contributed by atoms with Gasteiger partial charge in [0.05, 0.1) is 11.7 Å². The molecular weight excluding hydrogens is 515 g/mol. The Morgan fingerprint density at radius 1 is 1.10 bits per heavy atom. The van der Waals surface area contributed by atoms with Gasteiger partial charge in [-0.05, 0) is 91.0 Å². The number of benzene rings is 3. The second-order valence-corrected chi connectivity index (χ2v) is 12.3. The Labute approximate surface area is 241 Å². The Morgan fingerprint density at radius 2 is 1.83 bits per heavy atom. The van der Waals surface area contributed by atoms with Crippen LogP contribution in [0.2, 0.25) is 0 Å². The smallest absolute Gasteiger partial charge is 0.254 e. The number of allylic oxidation sites excluding steroid dienone is 1. The van der Waals surface area contributed by atoms with Gasteiger partial charge in [0, 0.05) is 29.8 Å². The van der Waals surface area contributed by atoms with Crippen molar-refractivity contribution in [1.82, 2.24) is 4.90 Å². The summed E-state index contributed by atoms with van der Waals surface area (Å²) in [5, 5.41) is 13.2. The third kappa shape index (κ3) is 5.52. The molecule has 2 amide bonds. The van der Waals surface area contributed by atoms with Gasteiger partial charge in [-0.3, -0.25) is 9.59 Å². The standard InChI is InChI=1S/C35H37FN2O3/c1-22-16-28-21-38(34(41)30(28)18-31(22)36)20-24-10-12-27(13-11-24)32(26-7-3-4-8-26)33(40)37-29-9-5-6-25(17-29)19-35(14-15-35)23(2)39/h5-6,9-13,16-18,26,32,39H,2-4,7-8,14-15,19-21H2,1H3,(H,37,40). The van der Waals surface area contributed by atoms with Crippen LogP contribution in [-0.4, -0.2) is 21.8 Å². The van der Waals surface area contributed by atoms with Gasteiger partial charge in [0.1, 0.15) is 5.82 Å². The molecule has 1 heterocycles. The van der Waals surface area contributed by atoms with Gasteiger partial charge in [0.25, 0.3) is 5.91 Å². The van der Waals surface area contributed by atoms with Crippen LogP contribution in [-0.2, 0) is 24.3 Å². The van der Waals surface area contributed by atoms with E-state index in [-0.39, 0.29) is 40.6 Å². The molecule has 2 aliphatic carbocycles. The number of fused-ring (bicyclic) bond motifs is 1. The Hall–Kier alpha value is -3.93. The zero-order valence-electron chi connectivity index (χ0n) is 23.6. The molecule has 0 bridgehead atoms. The Morgan fingerprint density at radius 3 is 2.51 bits per heavy atom. The number of hydrogen-bond donors (Lipinski definition) is 2. The molecular formula is C35H37FN2O3. The molecule has 0 radical (unpaired) electrons. The molecule has 5 nitrogen and oxygen atoms in total. The van der Waals surface area contributed by atoms with Crippen molar-refractivity contribution in [3.63, 3.8) is 0 Å². The van der Waals surface area contributed by atoms with Gasteiger partial charge in [-0.2, -0.15) is 0 Å². The molecule has 3 aromatic carbocycles. The van der Waals surface area contributed by atoms with Crippen molar-refractivity contribution < 1.29 is 19.1 Å². The first kappa shape index (κ1) is 27.3. The van der Waals surface area contributed by atoms with Crippen LogP contribution in [0.4, 0.5) is 10.1 Å². The Bertz CT molecular complexity index is 1500. The summed E-state index contributed by atoms with van der Waals surface area (Å²) in [6, 6.07) is 19.1. The number of aryl methyl sites for hydroxylation is 1. The van der Waals surface area contributed by atoms with Crippen molar-refractivity contribution in [2.75, 3.05) is 5.32 Å². The number of nitrogens with zero attached hydrogens (tertiary/aromatic N) is 1. The minimum atomic E-state index is -0.353. The van der Waals surface area contributed by atoms with Crippen molar-refractivity contribution in [3.8, 4) is 0 Å². The van der Waals surface area contributed by atoms with Gasteiger partial charge < -0.3 is 15.3 Å². The van der Waals surface area contributed by atoms with Crippen molar-refractivity contribution in [1.29, 1.82) is 0 Å². The van der Waals surface area contributed by atoms with E-state index in [1.165, 1.54) is 6.07 Å². The highest BCUT2D eigenvalue weighted by molar-refractivity contribution is 5.98. The normalized spacial score (nSPS) is 18.3. The van der Waals surface area contributed by atoms with E-state index in [9.17, 15) is 19.1 Å². The molecule has 212 valence electrons. The number of halogens is 1. The van der Waals surface area contributed by atoms with Crippen LogP contribution in [0.25, 0.3) is 0 Å². The van der Waals surface area contributed by atoms with Gasteiger partial charge in [0.15, 0.2) is 0 Å². The van der Waals surface area contributed by atoms with E-state index < -0.39 is 0 Å². The molecule has 6 heteroatoms. The molecule has 1 atom stereocenters. The molecule has 6 rings (SSSR count). The summed E-state index contributed by atoms with van der Waals surface area (Å²) in [5.41, 5.74) is 5.45. The molecule has 0 spiro atoms. The molecule has 0 saturated heterocycles. The van der Waals surface area contributed by atoms with E-state index in [2.05, 4.69) is 11.9 Å². The highest BCUT2D eigenvalue weighted by Crippen LogP contribution is 2.52. The van der Waals surface area contributed by atoms with E-state index in [1.807, 2.05) is 48.5 Å². The summed E-state index contributed by atoms with van der Waals surface area (Å²) < 4.78 is 14.1. The van der Waals surface area contributed by atoms with Crippen molar-refractivity contribution in [2.45, 2.75) is 70.9 Å². The minimum Gasteiger partial charge on any atom is -0.512 e. The van der Waals surface area contributed by atoms with E-state index in [0.29, 0.717) is 24.2 Å². The largest absolute Gasteiger partial charge is 0.512 e. The van der Waals surface area contributed by atoms with E-state index in [1.54, 1.807) is 17.9 Å². The number of aliphatic hydroxyl groups excluding tert-OH is 1. The van der Waals surface area contributed by atoms with Gasteiger partial charge >= 0.3 is 0 Å². The quantitative estimate of drug-likeness (QED) is 0.269. The molecule has 2 fully saturated rings. The number of carbonyl (C=O) groups excluding carboxylic acids is 2. The lowest BCUT2D eigenvalue weighted by Gasteiger charge is -2.24. The maximum atomic E-state index is 14.1. The van der Waals surface area contributed by atoms with Crippen LogP contribution >= 0.6 is 0 Å². The van der Waals surface area contributed by atoms with Crippen LogP contribution < -0.4 is 5.32 Å². The zero-order valence-corrected chi connectivity index (χ0v) is 23.6.